The quantitative estimate of drug-likeness (QED) is 0.214. The highest BCUT2D eigenvalue weighted by Gasteiger charge is 2.71. The maximum Gasteiger partial charge on any atom is 0.175 e. The number of fused-ring (bicyclic) bond motifs is 1. The molecule has 0 bridgehead atoms. The Labute approximate surface area is 279 Å². The fraction of sp³-hybridized carbons (Fsp3) is 1.00. The number of rotatable bonds is 12. The zero-order valence-electron chi connectivity index (χ0n) is 32.0. The maximum absolute atomic E-state index is 7.23. The fourth-order valence-electron chi connectivity index (χ4n) is 9.78. The second kappa shape index (κ2) is 15.1. The van der Waals surface area contributed by atoms with Crippen LogP contribution in [0.25, 0.3) is 0 Å². The molecular formula is C40H74O5. The molecule has 5 heteroatoms. The molecular weight excluding hydrogens is 560 g/mol. The number of hydrogen-bond donors (Lipinski definition) is 0. The molecule has 4 rings (SSSR count). The Bertz CT molecular complexity index is 922. The SMILES string of the molecule is CC(C)CC(CCCC1C(C)C(C)OC2(OC3C(C)OC(OC4C(C)OCC(C)C4C)C(C)C3C)C(C)C2C1C)C(C)C(C)C. The topological polar surface area (TPSA) is 46.2 Å². The average molecular weight is 635 g/mol. The van der Waals surface area contributed by atoms with Gasteiger partial charge in [0.1, 0.15) is 0 Å². The van der Waals surface area contributed by atoms with Crippen LogP contribution in [-0.2, 0) is 23.7 Å². The van der Waals surface area contributed by atoms with Crippen molar-refractivity contribution >= 4 is 0 Å². The smallest absolute Gasteiger partial charge is 0.175 e. The van der Waals surface area contributed by atoms with Gasteiger partial charge in [-0.3, -0.25) is 0 Å². The van der Waals surface area contributed by atoms with Crippen molar-refractivity contribution in [3.8, 4) is 0 Å². The van der Waals surface area contributed by atoms with Crippen LogP contribution in [-0.4, -0.2) is 49.2 Å². The third kappa shape index (κ3) is 7.84. The van der Waals surface area contributed by atoms with E-state index in [0.717, 1.165) is 30.3 Å². The van der Waals surface area contributed by atoms with Crippen molar-refractivity contribution in [1.29, 1.82) is 0 Å². The van der Waals surface area contributed by atoms with Gasteiger partial charge in [0.25, 0.3) is 0 Å². The molecule has 45 heavy (non-hydrogen) atoms. The zero-order chi connectivity index (χ0) is 33.5. The first-order chi connectivity index (χ1) is 21.0. The summed E-state index contributed by atoms with van der Waals surface area (Å²) in [7, 11) is 0. The molecule has 1 aliphatic carbocycles. The normalized spacial score (nSPS) is 48.6. The second-order valence-electron chi connectivity index (χ2n) is 17.7. The Balaban J connectivity index is 1.42. The molecule has 0 spiro atoms. The van der Waals surface area contributed by atoms with Gasteiger partial charge in [-0.1, -0.05) is 95.9 Å². The van der Waals surface area contributed by atoms with E-state index in [-0.39, 0.29) is 42.7 Å². The first-order valence-electron chi connectivity index (χ1n) is 19.3. The summed E-state index contributed by atoms with van der Waals surface area (Å²) in [6.07, 6.45) is 5.27. The molecule has 0 aromatic carbocycles. The van der Waals surface area contributed by atoms with Crippen LogP contribution in [0.5, 0.6) is 0 Å². The van der Waals surface area contributed by atoms with Crippen LogP contribution in [0.3, 0.4) is 0 Å². The third-order valence-electron chi connectivity index (χ3n) is 13.9. The van der Waals surface area contributed by atoms with Gasteiger partial charge in [0, 0.05) is 24.4 Å². The lowest BCUT2D eigenvalue weighted by Gasteiger charge is -2.48. The van der Waals surface area contributed by atoms with Gasteiger partial charge in [-0.05, 0) is 92.8 Å². The lowest BCUT2D eigenvalue weighted by molar-refractivity contribution is -0.329. The van der Waals surface area contributed by atoms with Crippen molar-refractivity contribution in [3.05, 3.63) is 0 Å². The highest BCUT2D eigenvalue weighted by Crippen LogP contribution is 2.64. The van der Waals surface area contributed by atoms with Gasteiger partial charge < -0.3 is 23.7 Å². The standard InChI is InChI=1S/C40H74O5/c1-21(2)19-34(24(6)22(3)4)17-16-18-35-28(10)31(13)44-40(30(12)36(40)29(35)11)45-38-26(8)27(9)39(42-33(38)15)43-37-25(7)23(5)20-41-32(37)14/h21-39H,16-20H2,1-15H3. The first kappa shape index (κ1) is 37.6. The van der Waals surface area contributed by atoms with Gasteiger partial charge in [0.2, 0.25) is 0 Å². The minimum Gasteiger partial charge on any atom is -0.376 e. The Kier molecular flexibility index (Phi) is 12.7. The van der Waals surface area contributed by atoms with Crippen LogP contribution in [0.4, 0.5) is 0 Å². The van der Waals surface area contributed by atoms with E-state index in [1.54, 1.807) is 0 Å². The summed E-state index contributed by atoms with van der Waals surface area (Å²) < 4.78 is 33.7. The first-order valence-corrected chi connectivity index (χ1v) is 19.3. The molecule has 3 heterocycles. The summed E-state index contributed by atoms with van der Waals surface area (Å²) in [4.78, 5) is 0. The van der Waals surface area contributed by atoms with Crippen LogP contribution in [0.15, 0.2) is 0 Å². The minimum atomic E-state index is -0.506. The zero-order valence-corrected chi connectivity index (χ0v) is 32.0. The Morgan fingerprint density at radius 1 is 0.733 bits per heavy atom. The molecule has 3 aliphatic heterocycles. The molecule has 4 fully saturated rings. The second-order valence-corrected chi connectivity index (χ2v) is 17.7. The third-order valence-corrected chi connectivity index (χ3v) is 13.9. The maximum atomic E-state index is 7.23. The predicted octanol–water partition coefficient (Wildman–Crippen LogP) is 9.86. The van der Waals surface area contributed by atoms with Gasteiger partial charge in [-0.25, -0.2) is 0 Å². The predicted molar refractivity (Wildman–Crippen MR) is 185 cm³/mol. The van der Waals surface area contributed by atoms with Gasteiger partial charge in [-0.2, -0.15) is 0 Å². The van der Waals surface area contributed by atoms with Crippen molar-refractivity contribution in [2.45, 2.75) is 172 Å². The molecule has 0 amide bonds. The van der Waals surface area contributed by atoms with Crippen LogP contribution in [0.2, 0.25) is 0 Å². The van der Waals surface area contributed by atoms with Gasteiger partial charge >= 0.3 is 0 Å². The van der Waals surface area contributed by atoms with Gasteiger partial charge in [-0.15, -0.1) is 0 Å². The van der Waals surface area contributed by atoms with Crippen LogP contribution >= 0.6 is 0 Å². The van der Waals surface area contributed by atoms with Crippen molar-refractivity contribution in [1.82, 2.24) is 0 Å². The van der Waals surface area contributed by atoms with E-state index in [0.29, 0.717) is 47.3 Å². The van der Waals surface area contributed by atoms with Crippen molar-refractivity contribution in [3.63, 3.8) is 0 Å². The molecule has 18 atom stereocenters. The summed E-state index contributed by atoms with van der Waals surface area (Å²) in [6.45, 7) is 36.0. The van der Waals surface area contributed by atoms with Crippen molar-refractivity contribution in [2.24, 2.45) is 76.9 Å². The average Bonchev–Trinajstić information content (AvgIpc) is 3.56. The molecule has 3 saturated heterocycles. The molecule has 0 N–H and O–H groups in total. The number of hydrogen-bond acceptors (Lipinski definition) is 5. The van der Waals surface area contributed by atoms with Crippen LogP contribution < -0.4 is 0 Å². The Morgan fingerprint density at radius 3 is 2.02 bits per heavy atom. The van der Waals surface area contributed by atoms with E-state index in [1.165, 1.54) is 25.7 Å². The van der Waals surface area contributed by atoms with Crippen molar-refractivity contribution < 1.29 is 23.7 Å². The molecule has 18 unspecified atom stereocenters. The summed E-state index contributed by atoms with van der Waals surface area (Å²) in [6, 6.07) is 0. The molecule has 5 nitrogen and oxygen atoms in total. The van der Waals surface area contributed by atoms with E-state index in [9.17, 15) is 0 Å². The van der Waals surface area contributed by atoms with E-state index in [2.05, 4.69) is 104 Å². The summed E-state index contributed by atoms with van der Waals surface area (Å²) in [5.41, 5.74) is 0. The monoisotopic (exact) mass is 635 g/mol. The van der Waals surface area contributed by atoms with Crippen molar-refractivity contribution in [2.75, 3.05) is 6.61 Å². The van der Waals surface area contributed by atoms with Gasteiger partial charge in [0.05, 0.1) is 30.5 Å². The highest BCUT2D eigenvalue weighted by atomic mass is 16.7. The Hall–Kier alpha value is -0.200. The summed E-state index contributed by atoms with van der Waals surface area (Å²) in [5.74, 6) is 6.62. The lowest BCUT2D eigenvalue weighted by Crippen LogP contribution is -2.55. The number of ether oxygens (including phenoxy) is 5. The van der Waals surface area contributed by atoms with E-state index >= 15 is 0 Å². The summed E-state index contributed by atoms with van der Waals surface area (Å²) >= 11 is 0. The fourth-order valence-corrected chi connectivity index (χ4v) is 9.78. The van der Waals surface area contributed by atoms with E-state index in [1.807, 2.05) is 0 Å². The molecule has 264 valence electrons. The van der Waals surface area contributed by atoms with E-state index < -0.39 is 5.79 Å². The molecule has 0 aromatic rings. The van der Waals surface area contributed by atoms with Crippen LogP contribution in [0, 0.1) is 76.9 Å². The molecule has 4 aliphatic rings. The van der Waals surface area contributed by atoms with E-state index in [4.69, 9.17) is 23.7 Å². The summed E-state index contributed by atoms with van der Waals surface area (Å²) in [5, 5.41) is 0. The molecule has 0 radical (unpaired) electrons. The minimum absolute atomic E-state index is 0.0238. The Morgan fingerprint density at radius 2 is 1.40 bits per heavy atom. The van der Waals surface area contributed by atoms with Crippen LogP contribution in [0.1, 0.15) is 130 Å². The lowest BCUT2D eigenvalue weighted by atomic mass is 9.73. The largest absolute Gasteiger partial charge is 0.376 e. The molecule has 1 saturated carbocycles. The van der Waals surface area contributed by atoms with Gasteiger partial charge in [0.15, 0.2) is 12.1 Å². The molecule has 0 aromatic heterocycles. The highest BCUT2D eigenvalue weighted by molar-refractivity contribution is 5.12.